The van der Waals surface area contributed by atoms with Crippen LogP contribution in [0.4, 0.5) is 0 Å². The molecule has 0 aromatic carbocycles. The van der Waals surface area contributed by atoms with Gasteiger partial charge in [-0.15, -0.1) is 0 Å². The maximum absolute atomic E-state index is 5.74. The Bertz CT molecular complexity index is 410. The van der Waals surface area contributed by atoms with E-state index in [0.717, 1.165) is 10.9 Å². The van der Waals surface area contributed by atoms with Gasteiger partial charge in [0.05, 0.1) is 11.7 Å². The molecule has 0 radical (unpaired) electrons. The van der Waals surface area contributed by atoms with Crippen LogP contribution in [0.25, 0.3) is 10.9 Å². The molecule has 0 aliphatic carbocycles. The van der Waals surface area contributed by atoms with Crippen molar-refractivity contribution < 1.29 is 0 Å². The van der Waals surface area contributed by atoms with Gasteiger partial charge < -0.3 is 0 Å². The zero-order chi connectivity index (χ0) is 8.55. The van der Waals surface area contributed by atoms with Gasteiger partial charge in [0.15, 0.2) is 0 Å². The van der Waals surface area contributed by atoms with E-state index < -0.39 is 0 Å². The third-order valence-electron chi connectivity index (χ3n) is 1.70. The summed E-state index contributed by atoms with van der Waals surface area (Å²) < 4.78 is 2.05. The molecule has 0 aliphatic rings. The Hall–Kier alpha value is -0.670. The molecule has 4 heteroatoms. The molecule has 2 aromatic heterocycles. The molecule has 2 heterocycles. The fraction of sp³-hybridized carbons (Fsp3) is 0.125. The molecule has 0 amide bonds. The van der Waals surface area contributed by atoms with E-state index in [0.29, 0.717) is 5.15 Å². The van der Waals surface area contributed by atoms with Crippen molar-refractivity contribution in [1.82, 2.24) is 8.96 Å². The van der Waals surface area contributed by atoms with Crippen molar-refractivity contribution in [3.63, 3.8) is 0 Å². The van der Waals surface area contributed by atoms with E-state index in [1.807, 2.05) is 24.6 Å². The normalized spacial score (nSPS) is 10.8. The number of nitrogens with zero attached hydrogens (tertiary/aromatic N) is 2. The van der Waals surface area contributed by atoms with Gasteiger partial charge in [0, 0.05) is 17.8 Å². The van der Waals surface area contributed by atoms with Crippen LogP contribution in [0.3, 0.4) is 0 Å². The van der Waals surface area contributed by atoms with Crippen LogP contribution >= 0.6 is 23.5 Å². The summed E-state index contributed by atoms with van der Waals surface area (Å²) in [7, 11) is 0. The Morgan fingerprint density at radius 2 is 2.42 bits per heavy atom. The van der Waals surface area contributed by atoms with Gasteiger partial charge in [-0.1, -0.05) is 11.6 Å². The Balaban J connectivity index is 2.73. The number of rotatable bonds is 1. The standard InChI is InChI=1S/C8H7ClN2S/c1-12-11-3-2-6-4-8(9)10-5-7(6)11/h2-5H,1H3. The highest BCUT2D eigenvalue weighted by atomic mass is 35.5. The third-order valence-corrected chi connectivity index (χ3v) is 2.62. The summed E-state index contributed by atoms with van der Waals surface area (Å²) in [4.78, 5) is 4.02. The molecule has 12 heavy (non-hydrogen) atoms. The fourth-order valence-electron chi connectivity index (χ4n) is 1.14. The minimum atomic E-state index is 0.543. The Morgan fingerprint density at radius 3 is 3.17 bits per heavy atom. The number of hydrogen-bond acceptors (Lipinski definition) is 2. The third kappa shape index (κ3) is 1.19. The van der Waals surface area contributed by atoms with Crippen LogP contribution in [0.2, 0.25) is 5.15 Å². The van der Waals surface area contributed by atoms with Crippen LogP contribution in [0.5, 0.6) is 0 Å². The lowest BCUT2D eigenvalue weighted by Crippen LogP contribution is -1.82. The Kier molecular flexibility index (Phi) is 1.98. The van der Waals surface area contributed by atoms with Crippen molar-refractivity contribution in [3.8, 4) is 0 Å². The Labute approximate surface area is 79.7 Å². The van der Waals surface area contributed by atoms with Crippen LogP contribution in [0.15, 0.2) is 24.5 Å². The van der Waals surface area contributed by atoms with Gasteiger partial charge in [-0.05, 0) is 24.1 Å². The molecule has 0 saturated heterocycles. The smallest absolute Gasteiger partial charge is 0.129 e. The topological polar surface area (TPSA) is 17.8 Å². The van der Waals surface area contributed by atoms with E-state index in [1.165, 1.54) is 0 Å². The van der Waals surface area contributed by atoms with Gasteiger partial charge in [-0.25, -0.2) is 4.98 Å². The molecule has 0 fully saturated rings. The van der Waals surface area contributed by atoms with E-state index in [1.54, 1.807) is 18.1 Å². The average molecular weight is 199 g/mol. The predicted molar refractivity (Wildman–Crippen MR) is 53.7 cm³/mol. The molecule has 0 saturated carbocycles. The van der Waals surface area contributed by atoms with Crippen molar-refractivity contribution in [3.05, 3.63) is 29.7 Å². The largest absolute Gasteiger partial charge is 0.290 e. The van der Waals surface area contributed by atoms with E-state index in [4.69, 9.17) is 11.6 Å². The highest BCUT2D eigenvalue weighted by Gasteiger charge is 2.00. The molecule has 2 nitrogen and oxygen atoms in total. The highest BCUT2D eigenvalue weighted by molar-refractivity contribution is 7.97. The van der Waals surface area contributed by atoms with Crippen molar-refractivity contribution in [2.75, 3.05) is 6.26 Å². The van der Waals surface area contributed by atoms with E-state index in [2.05, 4.69) is 8.96 Å². The molecule has 62 valence electrons. The second kappa shape index (κ2) is 2.99. The first-order valence-electron chi connectivity index (χ1n) is 3.48. The average Bonchev–Trinajstić information content (AvgIpc) is 2.46. The number of aromatic nitrogens is 2. The molecule has 2 aromatic rings. The Morgan fingerprint density at radius 1 is 1.58 bits per heavy atom. The zero-order valence-corrected chi connectivity index (χ0v) is 8.06. The monoisotopic (exact) mass is 198 g/mol. The molecule has 0 unspecified atom stereocenters. The second-order valence-electron chi connectivity index (χ2n) is 2.39. The second-order valence-corrected chi connectivity index (χ2v) is 3.54. The van der Waals surface area contributed by atoms with Crippen LogP contribution in [0.1, 0.15) is 0 Å². The summed E-state index contributed by atoms with van der Waals surface area (Å²) in [5.74, 6) is 0. The minimum Gasteiger partial charge on any atom is -0.290 e. The quantitative estimate of drug-likeness (QED) is 0.656. The highest BCUT2D eigenvalue weighted by Crippen LogP contribution is 2.20. The van der Waals surface area contributed by atoms with E-state index in [9.17, 15) is 0 Å². The maximum atomic E-state index is 5.74. The van der Waals surface area contributed by atoms with Crippen LogP contribution in [-0.4, -0.2) is 15.2 Å². The molecule has 0 aliphatic heterocycles. The van der Waals surface area contributed by atoms with Gasteiger partial charge in [0.25, 0.3) is 0 Å². The number of hydrogen-bond donors (Lipinski definition) is 0. The SMILES string of the molecule is CSn1ccc2cc(Cl)ncc21. The number of halogens is 1. The van der Waals surface area contributed by atoms with E-state index in [-0.39, 0.29) is 0 Å². The van der Waals surface area contributed by atoms with Gasteiger partial charge in [0.2, 0.25) is 0 Å². The van der Waals surface area contributed by atoms with Crippen molar-refractivity contribution in [2.45, 2.75) is 0 Å². The molecule has 0 N–H and O–H groups in total. The van der Waals surface area contributed by atoms with Gasteiger partial charge in [-0.3, -0.25) is 3.97 Å². The number of pyridine rings is 1. The summed E-state index contributed by atoms with van der Waals surface area (Å²) in [5.41, 5.74) is 1.10. The fourth-order valence-corrected chi connectivity index (χ4v) is 1.84. The molecule has 0 atom stereocenters. The first-order chi connectivity index (χ1) is 5.81. The summed E-state index contributed by atoms with van der Waals surface area (Å²) in [6, 6.07) is 3.89. The van der Waals surface area contributed by atoms with Crippen molar-refractivity contribution in [2.24, 2.45) is 0 Å². The van der Waals surface area contributed by atoms with Crippen molar-refractivity contribution in [1.29, 1.82) is 0 Å². The molecule has 0 bridgehead atoms. The van der Waals surface area contributed by atoms with Crippen LogP contribution < -0.4 is 0 Å². The van der Waals surface area contributed by atoms with E-state index >= 15 is 0 Å². The molecule has 2 rings (SSSR count). The summed E-state index contributed by atoms with van der Waals surface area (Å²) >= 11 is 7.39. The maximum Gasteiger partial charge on any atom is 0.129 e. The van der Waals surface area contributed by atoms with Crippen LogP contribution in [0, 0.1) is 0 Å². The first-order valence-corrected chi connectivity index (χ1v) is 5.04. The summed E-state index contributed by atoms with van der Waals surface area (Å²) in [6.45, 7) is 0. The minimum absolute atomic E-state index is 0.543. The molecular formula is C8H7ClN2S. The summed E-state index contributed by atoms with van der Waals surface area (Å²) in [5, 5.41) is 1.67. The van der Waals surface area contributed by atoms with Gasteiger partial charge in [-0.2, -0.15) is 0 Å². The van der Waals surface area contributed by atoms with Gasteiger partial charge in [0.1, 0.15) is 5.15 Å². The van der Waals surface area contributed by atoms with Gasteiger partial charge >= 0.3 is 0 Å². The number of fused-ring (bicyclic) bond motifs is 1. The molecular weight excluding hydrogens is 192 g/mol. The summed E-state index contributed by atoms with van der Waals surface area (Å²) in [6.07, 6.45) is 5.82. The first kappa shape index (κ1) is 7.95. The zero-order valence-electron chi connectivity index (χ0n) is 6.49. The van der Waals surface area contributed by atoms with Crippen molar-refractivity contribution >= 4 is 34.5 Å². The lowest BCUT2D eigenvalue weighted by Gasteiger charge is -1.97. The molecule has 0 spiro atoms. The predicted octanol–water partition coefficient (Wildman–Crippen LogP) is 2.82. The van der Waals surface area contributed by atoms with Crippen LogP contribution in [-0.2, 0) is 0 Å². The lowest BCUT2D eigenvalue weighted by molar-refractivity contribution is 1.30. The lowest BCUT2D eigenvalue weighted by atomic mass is 10.3.